The van der Waals surface area contributed by atoms with Crippen molar-refractivity contribution in [3.05, 3.63) is 11.3 Å². The molecule has 0 aliphatic carbocycles. The van der Waals surface area contributed by atoms with Gasteiger partial charge in [0.1, 0.15) is 10.8 Å². The number of ether oxygens (including phenoxy) is 1. The molecule has 0 unspecified atom stereocenters. The van der Waals surface area contributed by atoms with Crippen LogP contribution < -0.4 is 16.4 Å². The van der Waals surface area contributed by atoms with Crippen molar-refractivity contribution in [3.63, 3.8) is 0 Å². The number of nitrogens with two attached hydrogens (primary N) is 1. The van der Waals surface area contributed by atoms with Gasteiger partial charge < -0.3 is 21.1 Å². The molecule has 0 fully saturated rings. The molecular weight excluding hydrogens is 278 g/mol. The summed E-state index contributed by atoms with van der Waals surface area (Å²) in [6, 6.07) is 0. The Kier molecular flexibility index (Phi) is 6.40. The summed E-state index contributed by atoms with van der Waals surface area (Å²) < 4.78 is 6.53. The largest absolute Gasteiger partial charge is 0.389 e. The van der Waals surface area contributed by atoms with E-state index in [1.165, 1.54) is 0 Å². The summed E-state index contributed by atoms with van der Waals surface area (Å²) in [7, 11) is 3.39. The average molecular weight is 299 g/mol. The van der Waals surface area contributed by atoms with Gasteiger partial charge in [0.05, 0.1) is 17.9 Å². The van der Waals surface area contributed by atoms with Gasteiger partial charge in [0, 0.05) is 33.7 Å². The summed E-state index contributed by atoms with van der Waals surface area (Å²) in [5, 5.41) is 10.2. The number of anilines is 1. The predicted octanol–water partition coefficient (Wildman–Crippen LogP) is -0.0727. The van der Waals surface area contributed by atoms with Gasteiger partial charge in [-0.05, 0) is 6.92 Å². The predicted molar refractivity (Wildman–Crippen MR) is 81.8 cm³/mol. The number of hydrogen-bond acceptors (Lipinski definition) is 5. The van der Waals surface area contributed by atoms with Crippen molar-refractivity contribution in [3.8, 4) is 0 Å². The summed E-state index contributed by atoms with van der Waals surface area (Å²) in [6.45, 7) is 3.34. The number of rotatable bonds is 8. The van der Waals surface area contributed by atoms with Crippen LogP contribution in [0.1, 0.15) is 17.7 Å². The van der Waals surface area contributed by atoms with Crippen molar-refractivity contribution in [2.75, 3.05) is 32.1 Å². The molecule has 0 aliphatic rings. The molecule has 1 amide bonds. The number of nitrogens with one attached hydrogen (secondary N) is 2. The molecule has 0 aliphatic heterocycles. The normalized spacial score (nSPS) is 10.3. The third kappa shape index (κ3) is 4.46. The molecule has 20 heavy (non-hydrogen) atoms. The van der Waals surface area contributed by atoms with Gasteiger partial charge in [0.25, 0.3) is 0 Å². The van der Waals surface area contributed by atoms with Crippen LogP contribution in [0, 0.1) is 6.92 Å². The first-order valence-corrected chi connectivity index (χ1v) is 6.71. The second kappa shape index (κ2) is 7.81. The van der Waals surface area contributed by atoms with Crippen LogP contribution in [-0.4, -0.2) is 47.5 Å². The standard InChI is InChI=1S/C12H21N5O2S/c1-8-10(11(13)20)12(17(2)16-8)15-5-4-9(18)14-6-7-19-3/h15H,4-7H2,1-3H3,(H2,13,20)(H,14,18). The summed E-state index contributed by atoms with van der Waals surface area (Å²) in [4.78, 5) is 11.8. The Morgan fingerprint density at radius 3 is 2.80 bits per heavy atom. The molecule has 1 heterocycles. The molecule has 0 spiro atoms. The highest BCUT2D eigenvalue weighted by molar-refractivity contribution is 7.80. The van der Waals surface area contributed by atoms with Gasteiger partial charge in [-0.2, -0.15) is 5.10 Å². The Balaban J connectivity index is 2.50. The van der Waals surface area contributed by atoms with Gasteiger partial charge in [0.2, 0.25) is 5.91 Å². The fourth-order valence-electron chi connectivity index (χ4n) is 1.83. The number of methoxy groups -OCH3 is 1. The molecule has 112 valence electrons. The van der Waals surface area contributed by atoms with E-state index in [9.17, 15) is 4.79 Å². The lowest BCUT2D eigenvalue weighted by Gasteiger charge is -2.09. The lowest BCUT2D eigenvalue weighted by atomic mass is 10.2. The summed E-state index contributed by atoms with van der Waals surface area (Å²) in [5.74, 6) is 0.699. The van der Waals surface area contributed by atoms with Crippen LogP contribution in [0.4, 0.5) is 5.82 Å². The van der Waals surface area contributed by atoms with E-state index in [2.05, 4.69) is 15.7 Å². The smallest absolute Gasteiger partial charge is 0.221 e. The van der Waals surface area contributed by atoms with Crippen LogP contribution in [0.15, 0.2) is 0 Å². The Hall–Kier alpha value is -1.67. The molecule has 0 saturated heterocycles. The Morgan fingerprint density at radius 1 is 1.50 bits per heavy atom. The van der Waals surface area contributed by atoms with E-state index < -0.39 is 0 Å². The topological polar surface area (TPSA) is 94.2 Å². The maximum atomic E-state index is 11.5. The van der Waals surface area contributed by atoms with E-state index in [1.54, 1.807) is 18.8 Å². The fraction of sp³-hybridized carbons (Fsp3) is 0.583. The fourth-order valence-corrected chi connectivity index (χ4v) is 2.08. The highest BCUT2D eigenvalue weighted by Gasteiger charge is 2.15. The minimum Gasteiger partial charge on any atom is -0.389 e. The van der Waals surface area contributed by atoms with Gasteiger partial charge in [0.15, 0.2) is 0 Å². The molecule has 0 bridgehead atoms. The number of amides is 1. The van der Waals surface area contributed by atoms with Crippen molar-refractivity contribution in [1.82, 2.24) is 15.1 Å². The third-order valence-corrected chi connectivity index (χ3v) is 2.95. The maximum absolute atomic E-state index is 11.5. The number of thiocarbonyl (C=S) groups is 1. The average Bonchev–Trinajstić information content (AvgIpc) is 2.64. The molecular formula is C12H21N5O2S. The number of nitrogens with zero attached hydrogens (tertiary/aromatic N) is 2. The minimum atomic E-state index is -0.0367. The first-order chi connectivity index (χ1) is 9.47. The second-order valence-electron chi connectivity index (χ2n) is 4.32. The number of carbonyl (C=O) groups is 1. The van der Waals surface area contributed by atoms with E-state index in [4.69, 9.17) is 22.7 Å². The zero-order valence-corrected chi connectivity index (χ0v) is 12.8. The van der Waals surface area contributed by atoms with Gasteiger partial charge in [-0.1, -0.05) is 12.2 Å². The zero-order valence-electron chi connectivity index (χ0n) is 12.0. The lowest BCUT2D eigenvalue weighted by molar-refractivity contribution is -0.121. The lowest BCUT2D eigenvalue weighted by Crippen LogP contribution is -2.28. The van der Waals surface area contributed by atoms with Crippen molar-refractivity contribution in [2.24, 2.45) is 12.8 Å². The van der Waals surface area contributed by atoms with Crippen LogP contribution in [-0.2, 0) is 16.6 Å². The van der Waals surface area contributed by atoms with Crippen LogP contribution in [0.25, 0.3) is 0 Å². The zero-order chi connectivity index (χ0) is 15.1. The summed E-state index contributed by atoms with van der Waals surface area (Å²) in [6.07, 6.45) is 0.352. The molecule has 8 heteroatoms. The Bertz CT molecular complexity index is 486. The van der Waals surface area contributed by atoms with Crippen molar-refractivity contribution in [2.45, 2.75) is 13.3 Å². The molecule has 0 atom stereocenters. The molecule has 1 aromatic rings. The quantitative estimate of drug-likeness (QED) is 0.459. The van der Waals surface area contributed by atoms with Crippen molar-refractivity contribution < 1.29 is 9.53 Å². The van der Waals surface area contributed by atoms with Crippen LogP contribution in [0.2, 0.25) is 0 Å². The third-order valence-electron chi connectivity index (χ3n) is 2.74. The summed E-state index contributed by atoms with van der Waals surface area (Å²) >= 11 is 5.01. The van der Waals surface area contributed by atoms with E-state index in [1.807, 2.05) is 6.92 Å². The van der Waals surface area contributed by atoms with Crippen molar-refractivity contribution in [1.29, 1.82) is 0 Å². The molecule has 7 nitrogen and oxygen atoms in total. The number of aromatic nitrogens is 2. The first kappa shape index (κ1) is 16.4. The van der Waals surface area contributed by atoms with E-state index >= 15 is 0 Å². The van der Waals surface area contributed by atoms with Gasteiger partial charge >= 0.3 is 0 Å². The molecule has 0 saturated carbocycles. The highest BCUT2D eigenvalue weighted by Crippen LogP contribution is 2.18. The first-order valence-electron chi connectivity index (χ1n) is 6.30. The number of carbonyl (C=O) groups excluding carboxylic acids is 1. The summed E-state index contributed by atoms with van der Waals surface area (Å²) in [5.41, 5.74) is 7.18. The van der Waals surface area contributed by atoms with Gasteiger partial charge in [-0.3, -0.25) is 9.48 Å². The molecule has 4 N–H and O–H groups in total. The monoisotopic (exact) mass is 299 g/mol. The van der Waals surface area contributed by atoms with Crippen LogP contribution in [0.3, 0.4) is 0 Å². The van der Waals surface area contributed by atoms with E-state index in [0.717, 1.165) is 17.1 Å². The van der Waals surface area contributed by atoms with E-state index in [0.29, 0.717) is 31.1 Å². The SMILES string of the molecule is COCCNC(=O)CCNc1c(C(N)=S)c(C)nn1C. The number of hydrogen-bond donors (Lipinski definition) is 3. The van der Waals surface area contributed by atoms with Crippen LogP contribution >= 0.6 is 12.2 Å². The molecule has 0 radical (unpaired) electrons. The van der Waals surface area contributed by atoms with E-state index in [-0.39, 0.29) is 5.91 Å². The number of aryl methyl sites for hydroxylation is 2. The molecule has 0 aromatic carbocycles. The van der Waals surface area contributed by atoms with Crippen LogP contribution in [0.5, 0.6) is 0 Å². The van der Waals surface area contributed by atoms with Gasteiger partial charge in [-0.25, -0.2) is 0 Å². The van der Waals surface area contributed by atoms with Gasteiger partial charge in [-0.15, -0.1) is 0 Å². The molecule has 1 rings (SSSR count). The maximum Gasteiger partial charge on any atom is 0.221 e. The highest BCUT2D eigenvalue weighted by atomic mass is 32.1. The Morgan fingerprint density at radius 2 is 2.20 bits per heavy atom. The minimum absolute atomic E-state index is 0.0367. The Labute approximate surface area is 123 Å². The van der Waals surface area contributed by atoms with Crippen molar-refractivity contribution >= 4 is 28.9 Å². The second-order valence-corrected chi connectivity index (χ2v) is 4.76. The molecule has 1 aromatic heterocycles.